The Bertz CT molecular complexity index is 221. The summed E-state index contributed by atoms with van der Waals surface area (Å²) in [6.45, 7) is 8.29. The Morgan fingerprint density at radius 3 is 1.94 bits per heavy atom. The van der Waals surface area contributed by atoms with Gasteiger partial charge in [0.25, 0.3) is 0 Å². The van der Waals surface area contributed by atoms with Gasteiger partial charge in [-0.2, -0.15) is 0 Å². The minimum absolute atomic E-state index is 0.450. The van der Waals surface area contributed by atoms with Crippen molar-refractivity contribution in [3.8, 4) is 0 Å². The van der Waals surface area contributed by atoms with Gasteiger partial charge in [-0.05, 0) is 57.8 Å². The molecular formula is C14H29N3O. The van der Waals surface area contributed by atoms with E-state index in [0.717, 1.165) is 12.5 Å². The topological polar surface area (TPSA) is 41.7 Å². The van der Waals surface area contributed by atoms with E-state index >= 15 is 0 Å². The summed E-state index contributed by atoms with van der Waals surface area (Å²) in [6, 6.07) is 0.450. The van der Waals surface area contributed by atoms with E-state index in [1.807, 2.05) is 7.11 Å². The van der Waals surface area contributed by atoms with Crippen LogP contribution in [0.25, 0.3) is 0 Å². The second-order valence-electron chi connectivity index (χ2n) is 5.92. The zero-order valence-electron chi connectivity index (χ0n) is 11.8. The first-order valence-electron chi connectivity index (χ1n) is 7.47. The highest BCUT2D eigenvalue weighted by molar-refractivity contribution is 4.77. The van der Waals surface area contributed by atoms with Crippen LogP contribution in [0.3, 0.4) is 0 Å². The Labute approximate surface area is 111 Å². The SMILES string of the molecule is COCC1CCN(CCN2CCC(N)CC2)CC1. The predicted molar refractivity (Wildman–Crippen MR) is 74.7 cm³/mol. The molecule has 0 saturated carbocycles. The number of methoxy groups -OCH3 is 1. The summed E-state index contributed by atoms with van der Waals surface area (Å²) >= 11 is 0. The Morgan fingerprint density at radius 1 is 0.944 bits per heavy atom. The summed E-state index contributed by atoms with van der Waals surface area (Å²) in [5.41, 5.74) is 5.93. The first-order valence-corrected chi connectivity index (χ1v) is 7.47. The zero-order chi connectivity index (χ0) is 12.8. The van der Waals surface area contributed by atoms with E-state index in [-0.39, 0.29) is 0 Å². The van der Waals surface area contributed by atoms with E-state index < -0.39 is 0 Å². The lowest BCUT2D eigenvalue weighted by atomic mass is 9.98. The average molecular weight is 255 g/mol. The van der Waals surface area contributed by atoms with Gasteiger partial charge in [-0.1, -0.05) is 0 Å². The molecule has 4 nitrogen and oxygen atoms in total. The van der Waals surface area contributed by atoms with Crippen LogP contribution in [0.15, 0.2) is 0 Å². The molecule has 2 aliphatic rings. The molecule has 2 rings (SSSR count). The van der Waals surface area contributed by atoms with Crippen LogP contribution in [-0.2, 0) is 4.74 Å². The van der Waals surface area contributed by atoms with Gasteiger partial charge in [-0.15, -0.1) is 0 Å². The van der Waals surface area contributed by atoms with Crippen molar-refractivity contribution in [2.24, 2.45) is 11.7 Å². The highest BCUT2D eigenvalue weighted by Crippen LogP contribution is 2.17. The number of ether oxygens (including phenoxy) is 1. The van der Waals surface area contributed by atoms with Crippen molar-refractivity contribution >= 4 is 0 Å². The van der Waals surface area contributed by atoms with Crippen LogP contribution < -0.4 is 5.73 Å². The van der Waals surface area contributed by atoms with Crippen molar-refractivity contribution in [2.45, 2.75) is 31.7 Å². The summed E-state index contributed by atoms with van der Waals surface area (Å²) in [5, 5.41) is 0. The molecule has 0 aromatic rings. The van der Waals surface area contributed by atoms with Crippen LogP contribution >= 0.6 is 0 Å². The van der Waals surface area contributed by atoms with Crippen molar-refractivity contribution in [2.75, 3.05) is 53.0 Å². The summed E-state index contributed by atoms with van der Waals surface area (Å²) in [6.07, 6.45) is 4.96. The van der Waals surface area contributed by atoms with E-state index in [9.17, 15) is 0 Å². The van der Waals surface area contributed by atoms with E-state index in [0.29, 0.717) is 6.04 Å². The molecule has 0 aliphatic carbocycles. The highest BCUT2D eigenvalue weighted by Gasteiger charge is 2.20. The van der Waals surface area contributed by atoms with Gasteiger partial charge >= 0.3 is 0 Å². The zero-order valence-corrected chi connectivity index (χ0v) is 11.8. The lowest BCUT2D eigenvalue weighted by molar-refractivity contribution is 0.0913. The van der Waals surface area contributed by atoms with E-state index in [1.54, 1.807) is 0 Å². The maximum absolute atomic E-state index is 5.93. The molecule has 0 unspecified atom stereocenters. The lowest BCUT2D eigenvalue weighted by Crippen LogP contribution is -2.44. The molecule has 0 amide bonds. The predicted octanol–water partition coefficient (Wildman–Crippen LogP) is 0.768. The molecule has 2 heterocycles. The molecular weight excluding hydrogens is 226 g/mol. The van der Waals surface area contributed by atoms with Gasteiger partial charge < -0.3 is 20.3 Å². The molecule has 2 aliphatic heterocycles. The van der Waals surface area contributed by atoms with Crippen molar-refractivity contribution in [1.29, 1.82) is 0 Å². The Morgan fingerprint density at radius 2 is 1.44 bits per heavy atom. The minimum Gasteiger partial charge on any atom is -0.384 e. The van der Waals surface area contributed by atoms with Gasteiger partial charge in [-0.3, -0.25) is 0 Å². The Kier molecular flexibility index (Phi) is 5.89. The molecule has 0 radical (unpaired) electrons. The van der Waals surface area contributed by atoms with Gasteiger partial charge in [0.1, 0.15) is 0 Å². The number of rotatable bonds is 5. The molecule has 4 heteroatoms. The standard InChI is InChI=1S/C14H29N3O/c1-18-12-13-2-6-16(7-3-13)10-11-17-8-4-14(15)5-9-17/h13-14H,2-12,15H2,1H3. The molecule has 0 atom stereocenters. The molecule has 2 N–H and O–H groups in total. The molecule has 0 bridgehead atoms. The van der Waals surface area contributed by atoms with E-state index in [4.69, 9.17) is 10.5 Å². The van der Waals surface area contributed by atoms with Crippen LogP contribution in [-0.4, -0.2) is 68.8 Å². The van der Waals surface area contributed by atoms with Gasteiger partial charge in [0.15, 0.2) is 0 Å². The lowest BCUT2D eigenvalue weighted by Gasteiger charge is -2.35. The van der Waals surface area contributed by atoms with Crippen LogP contribution in [0.5, 0.6) is 0 Å². The summed E-state index contributed by atoms with van der Waals surface area (Å²) in [4.78, 5) is 5.19. The third-order valence-electron chi connectivity index (χ3n) is 4.47. The molecule has 2 fully saturated rings. The second-order valence-corrected chi connectivity index (χ2v) is 5.92. The summed E-state index contributed by atoms with van der Waals surface area (Å²) in [7, 11) is 1.81. The largest absolute Gasteiger partial charge is 0.384 e. The third kappa shape index (κ3) is 4.50. The van der Waals surface area contributed by atoms with Crippen molar-refractivity contribution in [3.63, 3.8) is 0 Å². The van der Waals surface area contributed by atoms with E-state index in [2.05, 4.69) is 9.80 Å². The number of hydrogen-bond donors (Lipinski definition) is 1. The first kappa shape index (κ1) is 14.3. The molecule has 2 saturated heterocycles. The molecule has 0 aromatic heterocycles. The molecule has 106 valence electrons. The minimum atomic E-state index is 0.450. The first-order chi connectivity index (χ1) is 8.78. The fourth-order valence-electron chi connectivity index (χ4n) is 3.07. The van der Waals surface area contributed by atoms with Crippen molar-refractivity contribution in [3.05, 3.63) is 0 Å². The molecule has 0 aromatic carbocycles. The number of nitrogens with two attached hydrogens (primary N) is 1. The number of hydrogen-bond acceptors (Lipinski definition) is 4. The number of nitrogens with zero attached hydrogens (tertiary/aromatic N) is 2. The average Bonchev–Trinajstić information content (AvgIpc) is 2.40. The Balaban J connectivity index is 1.57. The van der Waals surface area contributed by atoms with Crippen LogP contribution in [0.1, 0.15) is 25.7 Å². The van der Waals surface area contributed by atoms with Gasteiger partial charge in [0, 0.05) is 32.8 Å². The van der Waals surface area contributed by atoms with Crippen LogP contribution in [0, 0.1) is 5.92 Å². The highest BCUT2D eigenvalue weighted by atomic mass is 16.5. The number of likely N-dealkylation sites (tertiary alicyclic amines) is 2. The fraction of sp³-hybridized carbons (Fsp3) is 1.00. The fourth-order valence-corrected chi connectivity index (χ4v) is 3.07. The van der Waals surface area contributed by atoms with Gasteiger partial charge in [-0.25, -0.2) is 0 Å². The van der Waals surface area contributed by atoms with Crippen molar-refractivity contribution in [1.82, 2.24) is 9.80 Å². The van der Waals surface area contributed by atoms with Gasteiger partial charge in [0.05, 0.1) is 0 Å². The van der Waals surface area contributed by atoms with E-state index in [1.165, 1.54) is 65.0 Å². The van der Waals surface area contributed by atoms with Crippen LogP contribution in [0.4, 0.5) is 0 Å². The summed E-state index contributed by atoms with van der Waals surface area (Å²) in [5.74, 6) is 0.791. The maximum atomic E-state index is 5.93. The quantitative estimate of drug-likeness (QED) is 0.788. The summed E-state index contributed by atoms with van der Waals surface area (Å²) < 4.78 is 5.24. The molecule has 18 heavy (non-hydrogen) atoms. The smallest absolute Gasteiger partial charge is 0.0491 e. The monoisotopic (exact) mass is 255 g/mol. The maximum Gasteiger partial charge on any atom is 0.0491 e. The van der Waals surface area contributed by atoms with Gasteiger partial charge in [0.2, 0.25) is 0 Å². The molecule has 0 spiro atoms. The van der Waals surface area contributed by atoms with Crippen molar-refractivity contribution < 1.29 is 4.74 Å². The van der Waals surface area contributed by atoms with Crippen LogP contribution in [0.2, 0.25) is 0 Å². The normalized spacial score (nSPS) is 25.7. The third-order valence-corrected chi connectivity index (χ3v) is 4.47. The number of piperidine rings is 2. The second kappa shape index (κ2) is 7.43. The Hall–Kier alpha value is -0.160.